The van der Waals surface area contributed by atoms with Crippen LogP contribution in [-0.4, -0.2) is 77.3 Å². The Balaban J connectivity index is 1.22. The normalized spacial score (nSPS) is 18.2. The van der Waals surface area contributed by atoms with E-state index in [-0.39, 0.29) is 18.6 Å². The highest BCUT2D eigenvalue weighted by atomic mass is 32.1. The quantitative estimate of drug-likeness (QED) is 0.511. The average molecular weight is 483 g/mol. The van der Waals surface area contributed by atoms with Gasteiger partial charge in [0.1, 0.15) is 18.5 Å². The van der Waals surface area contributed by atoms with Gasteiger partial charge in [0.25, 0.3) is 0 Å². The van der Waals surface area contributed by atoms with Crippen molar-refractivity contribution in [3.05, 3.63) is 52.5 Å². The number of aromatic nitrogens is 1. The van der Waals surface area contributed by atoms with Crippen LogP contribution in [0.25, 0.3) is 10.2 Å². The molecule has 1 aliphatic heterocycles. The molecule has 7 nitrogen and oxygen atoms in total. The average Bonchev–Trinajstić information content (AvgIpc) is 3.16. The van der Waals surface area contributed by atoms with Crippen LogP contribution in [0.5, 0.6) is 5.75 Å². The maximum atomic E-state index is 12.6. The van der Waals surface area contributed by atoms with E-state index in [1.807, 2.05) is 57.2 Å². The minimum atomic E-state index is -0.583. The van der Waals surface area contributed by atoms with Gasteiger partial charge in [-0.3, -0.25) is 14.6 Å². The van der Waals surface area contributed by atoms with Gasteiger partial charge in [-0.25, -0.2) is 4.98 Å². The number of para-hydroxylation sites is 1. The number of ether oxygens (including phenoxy) is 1. The number of fused-ring (bicyclic) bond motifs is 1. The third-order valence-corrected chi connectivity index (χ3v) is 7.25. The molecule has 8 heteroatoms. The molecule has 1 aliphatic rings. The van der Waals surface area contributed by atoms with Crippen molar-refractivity contribution in [2.45, 2.75) is 39.8 Å². The molecule has 0 saturated carbocycles. The summed E-state index contributed by atoms with van der Waals surface area (Å²) in [6.45, 7) is 11.7. The summed E-state index contributed by atoms with van der Waals surface area (Å²) in [5.41, 5.74) is 4.03. The third kappa shape index (κ3) is 6.13. The lowest BCUT2D eigenvalue weighted by Crippen LogP contribution is -2.55. The van der Waals surface area contributed by atoms with Crippen molar-refractivity contribution in [2.24, 2.45) is 0 Å². The first kappa shape index (κ1) is 24.6. The highest BCUT2D eigenvalue weighted by Crippen LogP contribution is 2.26. The van der Waals surface area contributed by atoms with Crippen molar-refractivity contribution in [3.8, 4) is 5.75 Å². The highest BCUT2D eigenvalue weighted by Gasteiger charge is 2.26. The summed E-state index contributed by atoms with van der Waals surface area (Å²) < 4.78 is 6.94. The maximum Gasteiger partial charge on any atom is 0.238 e. The largest absolute Gasteiger partial charge is 0.491 e. The summed E-state index contributed by atoms with van der Waals surface area (Å²) in [6.07, 6.45) is -0.583. The smallest absolute Gasteiger partial charge is 0.238 e. The minimum absolute atomic E-state index is 0.0135. The Morgan fingerprint density at radius 2 is 2.00 bits per heavy atom. The Morgan fingerprint density at radius 3 is 2.74 bits per heavy atom. The van der Waals surface area contributed by atoms with Gasteiger partial charge >= 0.3 is 0 Å². The number of carbonyl (C=O) groups excluding carboxylic acids is 1. The Bertz CT molecular complexity index is 1130. The van der Waals surface area contributed by atoms with E-state index >= 15 is 0 Å². The molecule has 0 unspecified atom stereocenters. The molecule has 1 amide bonds. The predicted octanol–water partition coefficient (Wildman–Crippen LogP) is 3.61. The standard InChI is InChI=1S/C26H34N4O3S/c1-17-6-5-7-18(2)26(17)28-25(32)15-29-10-11-30(19(3)13-29)14-21(31)16-33-22-8-9-23-24(12-22)34-20(4)27-23/h5-9,12,19,21,31H,10-11,13-16H2,1-4H3,(H,28,32)/t19-,21-/m0/s1. The number of nitrogens with one attached hydrogen (secondary N) is 1. The van der Waals surface area contributed by atoms with Gasteiger partial charge in [0, 0.05) is 37.9 Å². The van der Waals surface area contributed by atoms with Crippen molar-refractivity contribution >= 4 is 33.1 Å². The number of benzene rings is 2. The fourth-order valence-electron chi connectivity index (χ4n) is 4.50. The second kappa shape index (κ2) is 10.8. The summed E-state index contributed by atoms with van der Waals surface area (Å²) in [7, 11) is 0. The van der Waals surface area contributed by atoms with E-state index in [0.717, 1.165) is 57.4 Å². The van der Waals surface area contributed by atoms with E-state index in [2.05, 4.69) is 27.0 Å². The van der Waals surface area contributed by atoms with Crippen LogP contribution in [0.2, 0.25) is 0 Å². The van der Waals surface area contributed by atoms with E-state index in [1.54, 1.807) is 11.3 Å². The maximum absolute atomic E-state index is 12.6. The number of anilines is 1. The predicted molar refractivity (Wildman–Crippen MR) is 138 cm³/mol. The first-order valence-corrected chi connectivity index (χ1v) is 12.6. The van der Waals surface area contributed by atoms with Crippen molar-refractivity contribution in [1.82, 2.24) is 14.8 Å². The monoisotopic (exact) mass is 482 g/mol. The van der Waals surface area contributed by atoms with Crippen molar-refractivity contribution < 1.29 is 14.6 Å². The van der Waals surface area contributed by atoms with Crippen LogP contribution in [0, 0.1) is 20.8 Å². The van der Waals surface area contributed by atoms with Crippen LogP contribution >= 0.6 is 11.3 Å². The Labute approximate surface area is 205 Å². The number of aryl methyl sites for hydroxylation is 3. The highest BCUT2D eigenvalue weighted by molar-refractivity contribution is 7.18. The summed E-state index contributed by atoms with van der Waals surface area (Å²) in [5.74, 6) is 0.766. The number of nitrogens with zero attached hydrogens (tertiary/aromatic N) is 3. The first-order chi connectivity index (χ1) is 16.3. The van der Waals surface area contributed by atoms with E-state index < -0.39 is 6.10 Å². The number of piperazine rings is 1. The van der Waals surface area contributed by atoms with Crippen LogP contribution in [0.15, 0.2) is 36.4 Å². The lowest BCUT2D eigenvalue weighted by Gasteiger charge is -2.40. The molecular weight excluding hydrogens is 448 g/mol. The molecule has 2 atom stereocenters. The zero-order valence-corrected chi connectivity index (χ0v) is 21.2. The molecule has 2 aromatic carbocycles. The molecule has 0 radical (unpaired) electrons. The van der Waals surface area contributed by atoms with Crippen molar-refractivity contribution in [1.29, 1.82) is 0 Å². The third-order valence-electron chi connectivity index (χ3n) is 6.32. The van der Waals surface area contributed by atoms with Gasteiger partial charge < -0.3 is 15.2 Å². The zero-order valence-electron chi connectivity index (χ0n) is 20.4. The summed E-state index contributed by atoms with van der Waals surface area (Å²) in [6, 6.07) is 12.1. The summed E-state index contributed by atoms with van der Waals surface area (Å²) in [4.78, 5) is 21.5. The molecule has 0 spiro atoms. The van der Waals surface area contributed by atoms with E-state index in [0.29, 0.717) is 13.1 Å². The molecule has 1 fully saturated rings. The molecule has 3 aromatic rings. The molecule has 1 saturated heterocycles. The van der Waals surface area contributed by atoms with Crippen LogP contribution < -0.4 is 10.1 Å². The van der Waals surface area contributed by atoms with Crippen LogP contribution in [0.1, 0.15) is 23.1 Å². The van der Waals surface area contributed by atoms with Gasteiger partial charge in [0.15, 0.2) is 0 Å². The van der Waals surface area contributed by atoms with Gasteiger partial charge in [-0.05, 0) is 57.0 Å². The van der Waals surface area contributed by atoms with E-state index in [4.69, 9.17) is 4.74 Å². The van der Waals surface area contributed by atoms with Crippen LogP contribution in [0.4, 0.5) is 5.69 Å². The molecule has 2 heterocycles. The number of hydrogen-bond donors (Lipinski definition) is 2. The topological polar surface area (TPSA) is 77.9 Å². The van der Waals surface area contributed by atoms with Crippen molar-refractivity contribution in [2.75, 3.05) is 44.6 Å². The number of aliphatic hydroxyl groups is 1. The van der Waals surface area contributed by atoms with Gasteiger partial charge in [-0.1, -0.05) is 18.2 Å². The van der Waals surface area contributed by atoms with Gasteiger partial charge in [0.2, 0.25) is 5.91 Å². The molecule has 1 aromatic heterocycles. The van der Waals surface area contributed by atoms with Crippen LogP contribution in [0.3, 0.4) is 0 Å². The molecule has 0 aliphatic carbocycles. The minimum Gasteiger partial charge on any atom is -0.491 e. The van der Waals surface area contributed by atoms with Crippen molar-refractivity contribution in [3.63, 3.8) is 0 Å². The van der Waals surface area contributed by atoms with Gasteiger partial charge in [0.05, 0.1) is 21.8 Å². The number of amides is 1. The lowest BCUT2D eigenvalue weighted by molar-refractivity contribution is -0.118. The Hall–Kier alpha value is -2.52. The summed E-state index contributed by atoms with van der Waals surface area (Å²) >= 11 is 1.64. The molecule has 2 N–H and O–H groups in total. The number of thiazole rings is 1. The fraction of sp³-hybridized carbons (Fsp3) is 0.462. The Kier molecular flexibility index (Phi) is 7.83. The van der Waals surface area contributed by atoms with Gasteiger partial charge in [-0.15, -0.1) is 11.3 Å². The number of carbonyl (C=O) groups is 1. The fourth-order valence-corrected chi connectivity index (χ4v) is 5.36. The van der Waals surface area contributed by atoms with E-state index in [9.17, 15) is 9.90 Å². The lowest BCUT2D eigenvalue weighted by atomic mass is 10.1. The first-order valence-electron chi connectivity index (χ1n) is 11.8. The zero-order chi connectivity index (χ0) is 24.2. The molecule has 4 rings (SSSR count). The number of aliphatic hydroxyl groups excluding tert-OH is 1. The molecule has 0 bridgehead atoms. The van der Waals surface area contributed by atoms with Crippen LogP contribution in [-0.2, 0) is 4.79 Å². The summed E-state index contributed by atoms with van der Waals surface area (Å²) in [5, 5.41) is 14.7. The Morgan fingerprint density at radius 1 is 1.24 bits per heavy atom. The van der Waals surface area contributed by atoms with Gasteiger partial charge in [-0.2, -0.15) is 0 Å². The molecular formula is C26H34N4O3S. The second-order valence-electron chi connectivity index (χ2n) is 9.22. The SMILES string of the molecule is Cc1nc2ccc(OC[C@@H](O)CN3CCN(CC(=O)Nc4c(C)cccc4C)C[C@@H]3C)cc2s1. The number of rotatable bonds is 8. The second-order valence-corrected chi connectivity index (χ2v) is 10.5. The molecule has 182 valence electrons. The molecule has 34 heavy (non-hydrogen) atoms. The number of hydrogen-bond acceptors (Lipinski definition) is 7. The van der Waals surface area contributed by atoms with E-state index in [1.165, 1.54) is 0 Å². The number of β-amino-alcohol motifs (C(OH)–C–C–N with tert-alkyl or cyclic N) is 1.